The van der Waals surface area contributed by atoms with Gasteiger partial charge in [0.15, 0.2) is 0 Å². The molecule has 5 aromatic rings. The summed E-state index contributed by atoms with van der Waals surface area (Å²) in [5.74, 6) is 19.1. The number of rotatable bonds is 0. The van der Waals surface area contributed by atoms with E-state index in [-0.39, 0.29) is 0 Å². The van der Waals surface area contributed by atoms with Crippen LogP contribution in [0.2, 0.25) is 0 Å². The number of benzene rings is 5. The van der Waals surface area contributed by atoms with Crippen molar-refractivity contribution in [3.05, 3.63) is 177 Å². The third-order valence-corrected chi connectivity index (χ3v) is 6.14. The molecular formula is C50H62. The van der Waals surface area contributed by atoms with E-state index in [1.54, 1.807) is 0 Å². The fraction of sp³-hybridized carbons (Fsp3) is 0.280. The Morgan fingerprint density at radius 2 is 0.300 bits per heavy atom. The van der Waals surface area contributed by atoms with Crippen LogP contribution >= 0.6 is 0 Å². The lowest BCUT2D eigenvalue weighted by Gasteiger charge is -1.94. The van der Waals surface area contributed by atoms with E-state index in [1.165, 1.54) is 22.3 Å². The van der Waals surface area contributed by atoms with Crippen molar-refractivity contribution in [2.45, 2.75) is 96.9 Å². The molecular weight excluding hydrogens is 601 g/mol. The first-order valence-electron chi connectivity index (χ1n) is 18.4. The van der Waals surface area contributed by atoms with E-state index in [9.17, 15) is 0 Å². The molecule has 0 atom stereocenters. The highest BCUT2D eigenvalue weighted by Crippen LogP contribution is 2.07. The second kappa shape index (κ2) is 31.1. The van der Waals surface area contributed by atoms with Gasteiger partial charge in [-0.25, -0.2) is 0 Å². The zero-order valence-corrected chi connectivity index (χ0v) is 33.5. The molecule has 50 heavy (non-hydrogen) atoms. The highest BCUT2D eigenvalue weighted by atomic mass is 14.0. The van der Waals surface area contributed by atoms with Gasteiger partial charge in [0, 0.05) is 33.4 Å². The minimum Gasteiger partial charge on any atom is -0.0683 e. The quantitative estimate of drug-likeness (QED) is 0.145. The molecule has 0 nitrogen and oxygen atoms in total. The molecule has 5 rings (SSSR count). The zero-order chi connectivity index (χ0) is 38.2. The molecule has 0 heterocycles. The van der Waals surface area contributed by atoms with Gasteiger partial charge in [-0.3, -0.25) is 0 Å². The maximum Gasteiger partial charge on any atom is 0.0249 e. The Hall–Kier alpha value is -5.22. The Morgan fingerprint density at radius 3 is 0.420 bits per heavy atom. The summed E-state index contributed by atoms with van der Waals surface area (Å²) in [7, 11) is 0. The third-order valence-electron chi connectivity index (χ3n) is 6.14. The topological polar surface area (TPSA) is 0 Å². The smallest absolute Gasteiger partial charge is 0.0249 e. The molecule has 0 bridgehead atoms. The van der Waals surface area contributed by atoms with Crippen molar-refractivity contribution in [1.29, 1.82) is 0 Å². The minimum atomic E-state index is 0.997. The van der Waals surface area contributed by atoms with Crippen LogP contribution in [0.5, 0.6) is 0 Å². The van der Waals surface area contributed by atoms with Gasteiger partial charge >= 0.3 is 0 Å². The van der Waals surface area contributed by atoms with Crippen LogP contribution in [0.25, 0.3) is 0 Å². The third kappa shape index (κ3) is 20.9. The fourth-order valence-corrected chi connectivity index (χ4v) is 3.62. The van der Waals surface area contributed by atoms with Crippen LogP contribution in [-0.4, -0.2) is 0 Å². The van der Waals surface area contributed by atoms with Gasteiger partial charge < -0.3 is 0 Å². The van der Waals surface area contributed by atoms with Crippen molar-refractivity contribution in [2.24, 2.45) is 0 Å². The van der Waals surface area contributed by atoms with Crippen molar-refractivity contribution in [1.82, 2.24) is 0 Å². The first-order valence-corrected chi connectivity index (χ1v) is 18.4. The summed E-state index contributed by atoms with van der Waals surface area (Å²) < 4.78 is 0. The van der Waals surface area contributed by atoms with Crippen molar-refractivity contribution in [3.63, 3.8) is 0 Å². The largest absolute Gasteiger partial charge is 0.0683 e. The SMILES string of the molecule is CC.CC.CC.CC.CC.Cc1ccc(C#Cc2ccc(C#Cc3ccc(C)cc3)cc2)cc1.Cc1ccc(C#Cc2ccc(C)cc2)cc1. The van der Waals surface area contributed by atoms with Crippen molar-refractivity contribution in [2.75, 3.05) is 0 Å². The molecule has 5 aromatic carbocycles. The van der Waals surface area contributed by atoms with Gasteiger partial charge in [0.05, 0.1) is 0 Å². The molecule has 0 unspecified atom stereocenters. The number of hydrogen-bond acceptors (Lipinski definition) is 0. The molecule has 0 saturated carbocycles. The Morgan fingerprint density at radius 1 is 0.200 bits per heavy atom. The van der Waals surface area contributed by atoms with E-state index < -0.39 is 0 Å². The molecule has 0 aromatic heterocycles. The molecule has 0 heteroatoms. The summed E-state index contributed by atoms with van der Waals surface area (Å²) in [6, 6.07) is 41.1. The molecule has 0 N–H and O–H groups in total. The predicted octanol–water partition coefficient (Wildman–Crippen LogP) is 13.9. The van der Waals surface area contributed by atoms with Crippen LogP contribution in [-0.2, 0) is 0 Å². The van der Waals surface area contributed by atoms with Gasteiger partial charge in [-0.15, -0.1) is 0 Å². The molecule has 0 amide bonds. The maximum atomic E-state index is 3.19. The summed E-state index contributed by atoms with van der Waals surface area (Å²) in [6.45, 7) is 28.3. The Bertz CT molecular complexity index is 1580. The van der Waals surface area contributed by atoms with Crippen molar-refractivity contribution in [3.8, 4) is 35.5 Å². The van der Waals surface area contributed by atoms with Crippen LogP contribution in [0.15, 0.2) is 121 Å². The molecule has 0 radical (unpaired) electrons. The van der Waals surface area contributed by atoms with Crippen molar-refractivity contribution < 1.29 is 0 Å². The lowest BCUT2D eigenvalue weighted by molar-refractivity contribution is 1.45. The summed E-state index contributed by atoms with van der Waals surface area (Å²) in [5, 5.41) is 0. The van der Waals surface area contributed by atoms with E-state index in [4.69, 9.17) is 0 Å². The van der Waals surface area contributed by atoms with E-state index in [0.717, 1.165) is 33.4 Å². The summed E-state index contributed by atoms with van der Waals surface area (Å²) >= 11 is 0. The highest BCUT2D eigenvalue weighted by molar-refractivity contribution is 5.48. The molecule has 0 spiro atoms. The normalized spacial score (nSPS) is 8.12. The summed E-state index contributed by atoms with van der Waals surface area (Å²) in [4.78, 5) is 0. The van der Waals surface area contributed by atoms with Gasteiger partial charge in [0.2, 0.25) is 0 Å². The summed E-state index contributed by atoms with van der Waals surface area (Å²) in [6.07, 6.45) is 0. The fourth-order valence-electron chi connectivity index (χ4n) is 3.62. The van der Waals surface area contributed by atoms with Gasteiger partial charge in [-0.2, -0.15) is 0 Å². The van der Waals surface area contributed by atoms with Gasteiger partial charge in [-0.1, -0.05) is 176 Å². The van der Waals surface area contributed by atoms with Gasteiger partial charge in [0.1, 0.15) is 0 Å². The maximum absolute atomic E-state index is 3.19. The standard InChI is InChI=1S/C24H18.C16H14.5C2H6/c1-19-3-7-21(8-4-19)11-13-23-15-17-24(18-16-23)14-12-22-9-5-20(2)6-10-22;1-13-3-7-15(8-4-13)11-12-16-9-5-14(2)6-10-16;5*1-2/h3-10,15-18H,1-2H3;3-10H,1-2H3;5*1-2H3. The second-order valence-corrected chi connectivity index (χ2v) is 9.79. The Kier molecular flexibility index (Phi) is 29.1. The summed E-state index contributed by atoms with van der Waals surface area (Å²) in [5.41, 5.74) is 11.2. The molecule has 0 aliphatic heterocycles. The van der Waals surface area contributed by atoms with Crippen LogP contribution in [0.3, 0.4) is 0 Å². The molecule has 0 aliphatic rings. The van der Waals surface area contributed by atoms with E-state index in [1.807, 2.05) is 118 Å². The lowest BCUT2D eigenvalue weighted by atomic mass is 10.1. The lowest BCUT2D eigenvalue weighted by Crippen LogP contribution is -1.80. The molecule has 0 aliphatic carbocycles. The minimum absolute atomic E-state index is 0.997. The average molecular weight is 663 g/mol. The number of aryl methyl sites for hydroxylation is 4. The zero-order valence-electron chi connectivity index (χ0n) is 33.5. The van der Waals surface area contributed by atoms with Gasteiger partial charge in [0.25, 0.3) is 0 Å². The second-order valence-electron chi connectivity index (χ2n) is 9.79. The van der Waals surface area contributed by atoms with Crippen molar-refractivity contribution >= 4 is 0 Å². The Balaban J connectivity index is 0. The van der Waals surface area contributed by atoms with Crippen LogP contribution in [0, 0.1) is 63.2 Å². The molecule has 0 fully saturated rings. The van der Waals surface area contributed by atoms with Crippen LogP contribution < -0.4 is 0 Å². The van der Waals surface area contributed by atoms with Crippen LogP contribution in [0.1, 0.15) is 125 Å². The van der Waals surface area contributed by atoms with E-state index >= 15 is 0 Å². The monoisotopic (exact) mass is 662 g/mol. The van der Waals surface area contributed by atoms with E-state index in [2.05, 4.69) is 136 Å². The number of hydrogen-bond donors (Lipinski definition) is 0. The Labute approximate surface area is 308 Å². The molecule has 0 saturated heterocycles. The average Bonchev–Trinajstić information content (AvgIpc) is 3.19. The molecule has 262 valence electrons. The first kappa shape index (κ1) is 46.9. The highest BCUT2D eigenvalue weighted by Gasteiger charge is 1.91. The van der Waals surface area contributed by atoms with Crippen LogP contribution in [0.4, 0.5) is 0 Å². The van der Waals surface area contributed by atoms with Gasteiger partial charge in [-0.05, 0) is 100 Å². The predicted molar refractivity (Wildman–Crippen MR) is 226 cm³/mol. The van der Waals surface area contributed by atoms with E-state index in [0.29, 0.717) is 0 Å². The first-order chi connectivity index (χ1) is 24.4.